The zero-order valence-electron chi connectivity index (χ0n) is 23.7. The number of aromatic nitrogens is 3. The van der Waals surface area contributed by atoms with E-state index in [9.17, 15) is 14.4 Å². The van der Waals surface area contributed by atoms with Crippen LogP contribution in [0.15, 0.2) is 42.6 Å². The van der Waals surface area contributed by atoms with Crippen molar-refractivity contribution in [2.45, 2.75) is 70.6 Å². The maximum Gasteiger partial charge on any atom is 0.247 e. The van der Waals surface area contributed by atoms with E-state index >= 15 is 0 Å². The van der Waals surface area contributed by atoms with E-state index in [0.29, 0.717) is 19.4 Å². The van der Waals surface area contributed by atoms with Crippen LogP contribution in [0.1, 0.15) is 58.3 Å². The van der Waals surface area contributed by atoms with Gasteiger partial charge in [-0.2, -0.15) is 0 Å². The highest BCUT2D eigenvalue weighted by Crippen LogP contribution is 2.39. The number of nitrogens with one attached hydrogen (secondary N) is 3. The van der Waals surface area contributed by atoms with Crippen LogP contribution >= 0.6 is 0 Å². The van der Waals surface area contributed by atoms with Crippen LogP contribution in [0, 0.1) is 5.92 Å². The number of fused-ring (bicyclic) bond motifs is 2. The molecule has 3 aromatic rings. The second kappa shape index (κ2) is 11.8. The van der Waals surface area contributed by atoms with Crippen LogP contribution in [0.4, 0.5) is 0 Å². The Hall–Kier alpha value is -3.79. The first kappa shape index (κ1) is 27.8. The minimum atomic E-state index is -0.839. The maximum atomic E-state index is 14.2. The summed E-state index contributed by atoms with van der Waals surface area (Å²) in [5.74, 6) is 0.505. The van der Waals surface area contributed by atoms with Crippen LogP contribution in [0.25, 0.3) is 22.3 Å². The number of rotatable bonds is 7. The van der Waals surface area contributed by atoms with E-state index < -0.39 is 12.1 Å². The summed E-state index contributed by atoms with van der Waals surface area (Å²) in [5, 5.41) is 5.87. The molecular formula is C30H39N7O3. The number of benzene rings is 1. The third kappa shape index (κ3) is 5.58. The van der Waals surface area contributed by atoms with E-state index in [1.807, 2.05) is 55.1 Å². The van der Waals surface area contributed by atoms with Gasteiger partial charge in [-0.1, -0.05) is 44.2 Å². The predicted molar refractivity (Wildman–Crippen MR) is 153 cm³/mol. The third-order valence-electron chi connectivity index (χ3n) is 8.05. The molecule has 0 radical (unpaired) electrons. The number of likely N-dealkylation sites (N-methyl/N-ethyl adjacent to an activating group) is 1. The number of aromatic amines is 1. The van der Waals surface area contributed by atoms with Crippen molar-refractivity contribution in [2.24, 2.45) is 5.92 Å². The average molecular weight is 546 g/mol. The Kier molecular flexibility index (Phi) is 8.16. The molecule has 40 heavy (non-hydrogen) atoms. The van der Waals surface area contributed by atoms with E-state index in [0.717, 1.165) is 41.0 Å². The Morgan fingerprint density at radius 1 is 1.10 bits per heavy atom. The summed E-state index contributed by atoms with van der Waals surface area (Å²) in [6, 6.07) is 10.2. The molecule has 3 N–H and O–H groups in total. The first-order valence-electron chi connectivity index (χ1n) is 14.2. The fourth-order valence-corrected chi connectivity index (χ4v) is 5.80. The molecule has 5 rings (SSSR count). The molecule has 0 unspecified atom stereocenters. The van der Waals surface area contributed by atoms with Gasteiger partial charge in [0.05, 0.1) is 23.3 Å². The lowest BCUT2D eigenvalue weighted by Gasteiger charge is -2.39. The van der Waals surface area contributed by atoms with E-state index in [-0.39, 0.29) is 42.3 Å². The average Bonchev–Trinajstić information content (AvgIpc) is 3.56. The third-order valence-corrected chi connectivity index (χ3v) is 8.05. The zero-order chi connectivity index (χ0) is 28.4. The van der Waals surface area contributed by atoms with Gasteiger partial charge in [-0.15, -0.1) is 0 Å². The van der Waals surface area contributed by atoms with E-state index in [1.165, 1.54) is 0 Å². The highest BCUT2D eigenvalue weighted by Gasteiger charge is 2.44. The largest absolute Gasteiger partial charge is 0.341 e. The lowest BCUT2D eigenvalue weighted by atomic mass is 10.0. The molecule has 4 atom stereocenters. The van der Waals surface area contributed by atoms with Crippen molar-refractivity contribution in [1.29, 1.82) is 0 Å². The van der Waals surface area contributed by atoms with E-state index in [4.69, 9.17) is 4.98 Å². The van der Waals surface area contributed by atoms with Crippen molar-refractivity contribution < 1.29 is 14.4 Å². The van der Waals surface area contributed by atoms with Crippen LogP contribution in [-0.4, -0.2) is 80.7 Å². The molecule has 0 saturated carbocycles. The van der Waals surface area contributed by atoms with Crippen LogP contribution in [-0.2, 0) is 14.4 Å². The van der Waals surface area contributed by atoms with Gasteiger partial charge in [-0.3, -0.25) is 19.4 Å². The molecule has 2 aromatic heterocycles. The van der Waals surface area contributed by atoms with Crippen LogP contribution in [0.2, 0.25) is 0 Å². The Bertz CT molecular complexity index is 1370. The Morgan fingerprint density at radius 3 is 2.60 bits per heavy atom. The summed E-state index contributed by atoms with van der Waals surface area (Å²) in [6.45, 7) is 6.47. The number of hydrogen-bond donors (Lipinski definition) is 3. The molecule has 2 aliphatic heterocycles. The Balaban J connectivity index is 1.47. The zero-order valence-corrected chi connectivity index (χ0v) is 23.7. The molecule has 2 saturated heterocycles. The van der Waals surface area contributed by atoms with Gasteiger partial charge in [0.2, 0.25) is 17.7 Å². The number of carbonyl (C=O) groups excluding carboxylic acids is 3. The molecular weight excluding hydrogens is 506 g/mol. The van der Waals surface area contributed by atoms with Gasteiger partial charge in [0.1, 0.15) is 17.4 Å². The molecule has 10 heteroatoms. The number of nitrogens with zero attached hydrogens (tertiary/aromatic N) is 4. The van der Waals surface area contributed by atoms with Crippen LogP contribution in [0.5, 0.6) is 0 Å². The first-order valence-corrected chi connectivity index (χ1v) is 14.2. The first-order chi connectivity index (χ1) is 19.3. The van der Waals surface area contributed by atoms with Crippen molar-refractivity contribution in [3.05, 3.63) is 48.4 Å². The van der Waals surface area contributed by atoms with Gasteiger partial charge in [-0.25, -0.2) is 4.98 Å². The van der Waals surface area contributed by atoms with Gasteiger partial charge in [0, 0.05) is 37.3 Å². The van der Waals surface area contributed by atoms with Crippen molar-refractivity contribution in [2.75, 3.05) is 20.1 Å². The SMILES string of the molecule is CN[C@@H](C)C(=O)N[C@H]1CN(C(=O)CC(C)C)CC[C@H]2CC[C@@H](c3nc4c(-c5ccccc5)nccc4[nH]3)N2C1=O. The van der Waals surface area contributed by atoms with Crippen molar-refractivity contribution in [3.63, 3.8) is 0 Å². The van der Waals surface area contributed by atoms with Crippen molar-refractivity contribution in [1.82, 2.24) is 35.4 Å². The Morgan fingerprint density at radius 2 is 1.88 bits per heavy atom. The lowest BCUT2D eigenvalue weighted by molar-refractivity contribution is -0.144. The summed E-state index contributed by atoms with van der Waals surface area (Å²) in [7, 11) is 1.70. The molecule has 212 valence electrons. The number of imidazole rings is 1. The van der Waals surface area contributed by atoms with E-state index in [2.05, 4.69) is 20.6 Å². The number of amides is 3. The highest BCUT2D eigenvalue weighted by molar-refractivity contribution is 5.92. The fraction of sp³-hybridized carbons (Fsp3) is 0.500. The van der Waals surface area contributed by atoms with Gasteiger partial charge >= 0.3 is 0 Å². The molecule has 0 aliphatic carbocycles. The number of hydrogen-bond acceptors (Lipinski definition) is 6. The quantitative estimate of drug-likeness (QED) is 0.419. The minimum Gasteiger partial charge on any atom is -0.341 e. The van der Waals surface area contributed by atoms with E-state index in [1.54, 1.807) is 25.1 Å². The summed E-state index contributed by atoms with van der Waals surface area (Å²) >= 11 is 0. The molecule has 1 aromatic carbocycles. The second-order valence-electron chi connectivity index (χ2n) is 11.3. The Labute approximate surface area is 234 Å². The van der Waals surface area contributed by atoms with Gasteiger partial charge < -0.3 is 25.4 Å². The monoisotopic (exact) mass is 545 g/mol. The standard InChI is InChI=1S/C30H39N7O3/c1-18(2)16-25(38)36-15-13-21-10-11-24(37(21)30(40)23(17-36)34-29(39)19(3)31-4)28-33-22-12-14-32-26(27(22)35-28)20-8-6-5-7-9-20/h5-9,12,14,18-19,21,23-24,31H,10-11,13,15-17H2,1-4H3,(H,33,35)(H,34,39)/t19-,21+,23-,24-/m0/s1. The van der Waals surface area contributed by atoms with Crippen molar-refractivity contribution in [3.8, 4) is 11.3 Å². The predicted octanol–water partition coefficient (Wildman–Crippen LogP) is 3.03. The van der Waals surface area contributed by atoms with Crippen molar-refractivity contribution >= 4 is 28.8 Å². The number of carbonyl (C=O) groups is 3. The van der Waals surface area contributed by atoms with Gasteiger partial charge in [-0.05, 0) is 45.2 Å². The fourth-order valence-electron chi connectivity index (χ4n) is 5.80. The maximum absolute atomic E-state index is 14.2. The smallest absolute Gasteiger partial charge is 0.247 e. The number of H-pyrrole nitrogens is 1. The van der Waals surface area contributed by atoms with Crippen LogP contribution < -0.4 is 10.6 Å². The molecule has 4 heterocycles. The van der Waals surface area contributed by atoms with Gasteiger partial charge in [0.25, 0.3) is 0 Å². The molecule has 0 spiro atoms. The molecule has 2 aliphatic rings. The topological polar surface area (TPSA) is 123 Å². The minimum absolute atomic E-state index is 0.0185. The molecule has 0 bridgehead atoms. The highest BCUT2D eigenvalue weighted by atomic mass is 16.2. The lowest BCUT2D eigenvalue weighted by Crippen LogP contribution is -2.60. The van der Waals surface area contributed by atoms with Gasteiger partial charge in [0.15, 0.2) is 0 Å². The summed E-state index contributed by atoms with van der Waals surface area (Å²) in [4.78, 5) is 56.9. The molecule has 3 amide bonds. The second-order valence-corrected chi connectivity index (χ2v) is 11.3. The number of pyridine rings is 1. The molecule has 10 nitrogen and oxygen atoms in total. The molecule has 2 fully saturated rings. The summed E-state index contributed by atoms with van der Waals surface area (Å²) in [5.41, 5.74) is 3.40. The van der Waals surface area contributed by atoms with Crippen LogP contribution in [0.3, 0.4) is 0 Å². The summed E-state index contributed by atoms with van der Waals surface area (Å²) < 4.78 is 0. The normalized spacial score (nSPS) is 22.2. The summed E-state index contributed by atoms with van der Waals surface area (Å²) in [6.07, 6.45) is 4.42.